The highest BCUT2D eigenvalue weighted by molar-refractivity contribution is 7.12. The Balaban J connectivity index is 2.25. The van der Waals surface area contributed by atoms with E-state index < -0.39 is 35.8 Å². The minimum absolute atomic E-state index is 0.294. The summed E-state index contributed by atoms with van der Waals surface area (Å²) < 4.78 is 27.5. The monoisotopic (exact) mass is 599 g/mol. The maximum atomic E-state index is 14.1. The van der Waals surface area contributed by atoms with Crippen LogP contribution in [0.1, 0.15) is 42.0 Å². The van der Waals surface area contributed by atoms with E-state index in [9.17, 15) is 14.4 Å². The normalized spacial score (nSPS) is 11.6. The van der Waals surface area contributed by atoms with E-state index in [1.54, 1.807) is 47.8 Å². The van der Waals surface area contributed by atoms with Crippen LogP contribution in [-0.4, -0.2) is 65.4 Å². The van der Waals surface area contributed by atoms with Gasteiger partial charge in [-0.25, -0.2) is 0 Å². The van der Waals surface area contributed by atoms with Gasteiger partial charge in [0, 0.05) is 23.7 Å². The van der Waals surface area contributed by atoms with Crippen LogP contribution in [0.4, 0.5) is 5.69 Å². The van der Waals surface area contributed by atoms with E-state index in [0.717, 1.165) is 0 Å². The lowest BCUT2D eigenvalue weighted by molar-refractivity contribution is -0.127. The largest absolute Gasteiger partial charge is 0.497 e. The predicted octanol–water partition coefficient (Wildman–Crippen LogP) is 4.21. The summed E-state index contributed by atoms with van der Waals surface area (Å²) in [4.78, 5) is 42.7. The van der Waals surface area contributed by atoms with Crippen LogP contribution in [0.25, 0.3) is 0 Å². The number of rotatable bonds is 12. The smallest absolute Gasteiger partial charge is 0.261 e. The molecule has 1 unspecified atom stereocenters. The van der Waals surface area contributed by atoms with Crippen molar-refractivity contribution in [1.29, 1.82) is 0 Å². The highest BCUT2D eigenvalue weighted by Crippen LogP contribution is 2.42. The van der Waals surface area contributed by atoms with Crippen molar-refractivity contribution in [3.05, 3.63) is 58.3 Å². The van der Waals surface area contributed by atoms with Crippen molar-refractivity contribution in [2.75, 3.05) is 47.0 Å². The maximum Gasteiger partial charge on any atom is 0.261 e. The summed E-state index contributed by atoms with van der Waals surface area (Å²) in [6.07, 6.45) is 0. The third kappa shape index (κ3) is 7.64. The predicted molar refractivity (Wildman–Crippen MR) is 160 cm³/mol. The standard InChI is InChI=1S/C30H37N3O8S/c1-30(2,3)32-29(36)26(18-12-22(39-6)27(41-8)23(13-18)40-7)33(19-14-20(37-4)16-21(15-19)38-5)25(34)17-31-28(35)24-10-9-11-42-24/h9-16,26H,17H2,1-8H3,(H,31,35)(H,32,36). The summed E-state index contributed by atoms with van der Waals surface area (Å²) in [6, 6.07) is 10.2. The van der Waals surface area contributed by atoms with E-state index in [1.807, 2.05) is 20.8 Å². The zero-order valence-corrected chi connectivity index (χ0v) is 25.8. The molecule has 3 aromatic rings. The van der Waals surface area contributed by atoms with Gasteiger partial charge in [0.2, 0.25) is 17.6 Å². The second kappa shape index (κ2) is 13.9. The Morgan fingerprint density at radius 1 is 0.857 bits per heavy atom. The number of nitrogens with zero attached hydrogens (tertiary/aromatic N) is 1. The van der Waals surface area contributed by atoms with Crippen molar-refractivity contribution in [1.82, 2.24) is 10.6 Å². The molecular weight excluding hydrogens is 562 g/mol. The van der Waals surface area contributed by atoms with Crippen molar-refractivity contribution >= 4 is 34.7 Å². The van der Waals surface area contributed by atoms with Gasteiger partial charge in [0.15, 0.2) is 11.5 Å². The Labute approximate surface area is 249 Å². The molecular formula is C30H37N3O8S. The highest BCUT2D eigenvalue weighted by atomic mass is 32.1. The van der Waals surface area contributed by atoms with Crippen LogP contribution in [0.15, 0.2) is 47.8 Å². The fraction of sp³-hybridized carbons (Fsp3) is 0.367. The quantitative estimate of drug-likeness (QED) is 0.317. The molecule has 0 aliphatic carbocycles. The molecule has 1 atom stereocenters. The number of thiophene rings is 1. The van der Waals surface area contributed by atoms with Gasteiger partial charge in [-0.3, -0.25) is 19.3 Å². The lowest BCUT2D eigenvalue weighted by atomic mass is 9.99. The van der Waals surface area contributed by atoms with Gasteiger partial charge in [0.05, 0.1) is 52.7 Å². The fourth-order valence-electron chi connectivity index (χ4n) is 4.22. The third-order valence-corrected chi connectivity index (χ3v) is 6.90. The summed E-state index contributed by atoms with van der Waals surface area (Å²) in [6.45, 7) is 5.09. The lowest BCUT2D eigenvalue weighted by Crippen LogP contribution is -2.51. The molecule has 0 bridgehead atoms. The van der Waals surface area contributed by atoms with Crippen molar-refractivity contribution in [2.45, 2.75) is 32.4 Å². The first-order chi connectivity index (χ1) is 20.0. The first kappa shape index (κ1) is 32.1. The number of ether oxygens (including phenoxy) is 5. The number of carbonyl (C=O) groups is 3. The molecule has 1 aromatic heterocycles. The van der Waals surface area contributed by atoms with Gasteiger partial charge in [-0.05, 0) is 49.9 Å². The average Bonchev–Trinajstić information content (AvgIpc) is 3.51. The number of hydrogen-bond acceptors (Lipinski definition) is 9. The Kier molecular flexibility index (Phi) is 10.6. The zero-order chi connectivity index (χ0) is 31.0. The molecule has 42 heavy (non-hydrogen) atoms. The Morgan fingerprint density at radius 3 is 1.90 bits per heavy atom. The molecule has 0 saturated heterocycles. The number of carbonyl (C=O) groups excluding carboxylic acids is 3. The molecule has 2 N–H and O–H groups in total. The van der Waals surface area contributed by atoms with Gasteiger partial charge < -0.3 is 34.3 Å². The van der Waals surface area contributed by atoms with Crippen LogP contribution in [0.2, 0.25) is 0 Å². The van der Waals surface area contributed by atoms with Gasteiger partial charge in [-0.2, -0.15) is 0 Å². The zero-order valence-electron chi connectivity index (χ0n) is 25.0. The minimum Gasteiger partial charge on any atom is -0.497 e. The number of methoxy groups -OCH3 is 5. The van der Waals surface area contributed by atoms with Crippen LogP contribution < -0.4 is 39.2 Å². The number of anilines is 1. The molecule has 12 heteroatoms. The Bertz CT molecular complexity index is 1350. The molecule has 2 aromatic carbocycles. The molecule has 226 valence electrons. The molecule has 0 aliphatic rings. The first-order valence-electron chi connectivity index (χ1n) is 12.9. The van der Waals surface area contributed by atoms with Crippen LogP contribution in [0.3, 0.4) is 0 Å². The molecule has 1 heterocycles. The summed E-state index contributed by atoms with van der Waals surface area (Å²) in [5, 5.41) is 7.41. The van der Waals surface area contributed by atoms with E-state index in [1.165, 1.54) is 51.8 Å². The lowest BCUT2D eigenvalue weighted by Gasteiger charge is -2.34. The SMILES string of the molecule is COc1cc(OC)cc(N(C(=O)CNC(=O)c2cccs2)C(C(=O)NC(C)(C)C)c2cc(OC)c(OC)c(OC)c2)c1. The number of amides is 3. The fourth-order valence-corrected chi connectivity index (χ4v) is 4.86. The second-order valence-corrected chi connectivity index (χ2v) is 11.0. The van der Waals surface area contributed by atoms with Crippen LogP contribution in [0, 0.1) is 0 Å². The molecule has 0 saturated carbocycles. The van der Waals surface area contributed by atoms with Gasteiger partial charge in [0.1, 0.15) is 17.5 Å². The van der Waals surface area contributed by atoms with E-state index >= 15 is 0 Å². The summed E-state index contributed by atoms with van der Waals surface area (Å²) in [5.74, 6) is 0.223. The first-order valence-corrected chi connectivity index (χ1v) is 13.8. The molecule has 11 nitrogen and oxygen atoms in total. The molecule has 3 amide bonds. The summed E-state index contributed by atoms with van der Waals surface area (Å²) >= 11 is 1.25. The van der Waals surface area contributed by atoms with Crippen molar-refractivity contribution in [3.63, 3.8) is 0 Å². The van der Waals surface area contributed by atoms with Gasteiger partial charge in [-0.1, -0.05) is 6.07 Å². The molecule has 3 rings (SSSR count). The maximum absolute atomic E-state index is 14.1. The molecule has 0 radical (unpaired) electrons. The topological polar surface area (TPSA) is 125 Å². The van der Waals surface area contributed by atoms with Crippen molar-refractivity contribution < 1.29 is 38.1 Å². The van der Waals surface area contributed by atoms with Gasteiger partial charge in [-0.15, -0.1) is 11.3 Å². The third-order valence-electron chi connectivity index (χ3n) is 6.04. The molecule has 0 fully saturated rings. The van der Waals surface area contributed by atoms with Crippen LogP contribution >= 0.6 is 11.3 Å². The summed E-state index contributed by atoms with van der Waals surface area (Å²) in [7, 11) is 7.35. The highest BCUT2D eigenvalue weighted by Gasteiger charge is 2.36. The van der Waals surface area contributed by atoms with Crippen LogP contribution in [-0.2, 0) is 9.59 Å². The van der Waals surface area contributed by atoms with E-state index in [2.05, 4.69) is 10.6 Å². The average molecular weight is 600 g/mol. The van der Waals surface area contributed by atoms with Crippen molar-refractivity contribution in [3.8, 4) is 28.7 Å². The van der Waals surface area contributed by atoms with Gasteiger partial charge in [0.25, 0.3) is 5.91 Å². The van der Waals surface area contributed by atoms with E-state index in [4.69, 9.17) is 23.7 Å². The molecule has 0 aliphatic heterocycles. The Hall–Kier alpha value is -4.45. The van der Waals surface area contributed by atoms with Crippen LogP contribution in [0.5, 0.6) is 28.7 Å². The van der Waals surface area contributed by atoms with E-state index in [0.29, 0.717) is 44.9 Å². The van der Waals surface area contributed by atoms with Gasteiger partial charge >= 0.3 is 0 Å². The Morgan fingerprint density at radius 2 is 1.45 bits per heavy atom. The number of nitrogens with one attached hydrogen (secondary N) is 2. The molecule has 0 spiro atoms. The number of hydrogen-bond donors (Lipinski definition) is 2. The van der Waals surface area contributed by atoms with Crippen molar-refractivity contribution in [2.24, 2.45) is 0 Å². The number of benzene rings is 2. The second-order valence-electron chi connectivity index (χ2n) is 10.1. The van der Waals surface area contributed by atoms with E-state index in [-0.39, 0.29) is 0 Å². The minimum atomic E-state index is -1.25. The summed E-state index contributed by atoms with van der Waals surface area (Å²) in [5.41, 5.74) is 0.0137.